The first kappa shape index (κ1) is 16.1. The van der Waals surface area contributed by atoms with Gasteiger partial charge in [-0.3, -0.25) is 4.79 Å². The number of nitrogens with zero attached hydrogens (tertiary/aromatic N) is 3. The van der Waals surface area contributed by atoms with Crippen molar-refractivity contribution >= 4 is 5.91 Å². The van der Waals surface area contributed by atoms with Crippen LogP contribution in [-0.2, 0) is 30.6 Å². The number of nitrogens with one attached hydrogen (secondary N) is 1. The Bertz CT molecular complexity index is 771. The zero-order valence-electron chi connectivity index (χ0n) is 14.6. The number of rotatable bonds is 4. The summed E-state index contributed by atoms with van der Waals surface area (Å²) < 4.78 is 5.72. The van der Waals surface area contributed by atoms with E-state index in [-0.39, 0.29) is 11.8 Å². The normalized spacial score (nSPS) is 19.2. The highest BCUT2D eigenvalue weighted by Gasteiger charge is 2.31. The second-order valence-electron chi connectivity index (χ2n) is 6.95. The van der Waals surface area contributed by atoms with Crippen LogP contribution in [0.5, 0.6) is 5.75 Å². The van der Waals surface area contributed by atoms with Crippen molar-refractivity contribution in [2.45, 2.75) is 45.6 Å². The maximum absolute atomic E-state index is 12.9. The molecule has 25 heavy (non-hydrogen) atoms. The molecule has 1 aromatic carbocycles. The molecule has 2 aliphatic rings. The second-order valence-corrected chi connectivity index (χ2v) is 6.95. The van der Waals surface area contributed by atoms with E-state index in [1.54, 1.807) is 0 Å². The molecule has 0 fully saturated rings. The third-order valence-electron chi connectivity index (χ3n) is 5.20. The van der Waals surface area contributed by atoms with E-state index in [1.165, 1.54) is 11.1 Å². The molecule has 2 aromatic rings. The molecule has 0 saturated carbocycles. The fourth-order valence-electron chi connectivity index (χ4n) is 3.78. The number of hydrogen-bond acceptors (Lipinski definition) is 4. The van der Waals surface area contributed by atoms with Crippen molar-refractivity contribution in [1.29, 1.82) is 0 Å². The molecule has 1 aliphatic carbocycles. The Morgan fingerprint density at radius 1 is 1.28 bits per heavy atom. The molecule has 1 atom stereocenters. The lowest BCUT2D eigenvalue weighted by molar-refractivity contribution is -0.136. The average molecular weight is 340 g/mol. The van der Waals surface area contributed by atoms with Crippen LogP contribution in [0.4, 0.5) is 0 Å². The number of carbonyl (C=O) groups is 1. The first-order chi connectivity index (χ1) is 12.2. The minimum Gasteiger partial charge on any atom is -0.494 e. The molecule has 1 amide bonds. The van der Waals surface area contributed by atoms with Gasteiger partial charge in [0.05, 0.1) is 18.0 Å². The van der Waals surface area contributed by atoms with E-state index < -0.39 is 0 Å². The fourth-order valence-corrected chi connectivity index (χ4v) is 3.78. The monoisotopic (exact) mass is 340 g/mol. The predicted molar refractivity (Wildman–Crippen MR) is 93.2 cm³/mol. The second kappa shape index (κ2) is 6.86. The molecule has 6 nitrogen and oxygen atoms in total. The molecule has 2 heterocycles. The smallest absolute Gasteiger partial charge is 0.226 e. The highest BCUT2D eigenvalue weighted by Crippen LogP contribution is 2.28. The quantitative estimate of drug-likeness (QED) is 0.927. The molecule has 0 spiro atoms. The Morgan fingerprint density at radius 3 is 3.04 bits per heavy atom. The highest BCUT2D eigenvalue weighted by atomic mass is 16.5. The third-order valence-corrected chi connectivity index (χ3v) is 5.20. The summed E-state index contributed by atoms with van der Waals surface area (Å²) in [4.78, 5) is 15.0. The minimum absolute atomic E-state index is 0.0336. The number of aromatic amines is 1. The summed E-state index contributed by atoms with van der Waals surface area (Å²) in [5.41, 5.74) is 4.52. The van der Waals surface area contributed by atoms with Crippen molar-refractivity contribution in [1.82, 2.24) is 20.3 Å². The van der Waals surface area contributed by atoms with Gasteiger partial charge in [0.15, 0.2) is 0 Å². The van der Waals surface area contributed by atoms with Gasteiger partial charge in [0.2, 0.25) is 5.91 Å². The Morgan fingerprint density at radius 2 is 2.16 bits per heavy atom. The maximum atomic E-state index is 12.9. The number of ether oxygens (including phenoxy) is 1. The van der Waals surface area contributed by atoms with Crippen LogP contribution >= 0.6 is 0 Å². The van der Waals surface area contributed by atoms with Crippen molar-refractivity contribution in [3.8, 4) is 5.75 Å². The van der Waals surface area contributed by atoms with Gasteiger partial charge in [-0.25, -0.2) is 0 Å². The van der Waals surface area contributed by atoms with Crippen molar-refractivity contribution in [2.24, 2.45) is 5.92 Å². The fraction of sp³-hybridized carbons (Fsp3) is 0.526. The Labute approximate surface area is 147 Å². The van der Waals surface area contributed by atoms with E-state index in [9.17, 15) is 4.79 Å². The van der Waals surface area contributed by atoms with E-state index in [4.69, 9.17) is 4.74 Å². The van der Waals surface area contributed by atoms with Crippen LogP contribution in [0, 0.1) is 5.92 Å². The number of fused-ring (bicyclic) bond motifs is 2. The largest absolute Gasteiger partial charge is 0.494 e. The van der Waals surface area contributed by atoms with E-state index in [2.05, 4.69) is 34.5 Å². The number of hydrogen-bond donors (Lipinski definition) is 1. The van der Waals surface area contributed by atoms with Gasteiger partial charge in [-0.2, -0.15) is 15.4 Å². The molecule has 6 heteroatoms. The number of aromatic nitrogens is 3. The van der Waals surface area contributed by atoms with Gasteiger partial charge in [0.25, 0.3) is 0 Å². The molecule has 0 saturated heterocycles. The van der Waals surface area contributed by atoms with E-state index in [0.29, 0.717) is 13.0 Å². The van der Waals surface area contributed by atoms with Crippen molar-refractivity contribution in [3.63, 3.8) is 0 Å². The topological polar surface area (TPSA) is 71.1 Å². The van der Waals surface area contributed by atoms with E-state index in [0.717, 1.165) is 56.0 Å². The first-order valence-corrected chi connectivity index (χ1v) is 9.16. The molecule has 1 aromatic heterocycles. The maximum Gasteiger partial charge on any atom is 0.226 e. The van der Waals surface area contributed by atoms with Crippen molar-refractivity contribution in [2.75, 3.05) is 13.2 Å². The van der Waals surface area contributed by atoms with Gasteiger partial charge >= 0.3 is 0 Å². The molecule has 0 bridgehead atoms. The average Bonchev–Trinajstić information content (AvgIpc) is 3.13. The van der Waals surface area contributed by atoms with Gasteiger partial charge in [0, 0.05) is 25.4 Å². The summed E-state index contributed by atoms with van der Waals surface area (Å²) in [6.07, 6.45) is 4.31. The van der Waals surface area contributed by atoms with Gasteiger partial charge < -0.3 is 9.64 Å². The van der Waals surface area contributed by atoms with Crippen molar-refractivity contribution in [3.05, 3.63) is 40.7 Å². The number of H-pyrrole nitrogens is 1. The van der Waals surface area contributed by atoms with Crippen LogP contribution in [0.25, 0.3) is 0 Å². The number of carbonyl (C=O) groups excluding carboxylic acids is 1. The molecule has 1 N–H and O–H groups in total. The van der Waals surface area contributed by atoms with Gasteiger partial charge in [-0.05, 0) is 48.9 Å². The van der Waals surface area contributed by atoms with Gasteiger partial charge in [-0.1, -0.05) is 13.0 Å². The highest BCUT2D eigenvalue weighted by molar-refractivity contribution is 5.79. The Hall–Kier alpha value is -2.37. The summed E-state index contributed by atoms with van der Waals surface area (Å²) in [5, 5.41) is 11.0. The zero-order chi connectivity index (χ0) is 17.2. The zero-order valence-corrected chi connectivity index (χ0v) is 14.6. The Kier molecular flexibility index (Phi) is 4.42. The van der Waals surface area contributed by atoms with Crippen LogP contribution in [0.1, 0.15) is 42.3 Å². The van der Waals surface area contributed by atoms with Crippen LogP contribution < -0.4 is 4.74 Å². The van der Waals surface area contributed by atoms with Crippen LogP contribution in [0.2, 0.25) is 0 Å². The molecule has 4 rings (SSSR count). The number of amides is 1. The number of benzene rings is 1. The Balaban J connectivity index is 1.43. The molecule has 1 unspecified atom stereocenters. The number of aryl methyl sites for hydroxylation is 1. The van der Waals surface area contributed by atoms with Gasteiger partial charge in [0.1, 0.15) is 5.75 Å². The third kappa shape index (κ3) is 3.25. The molecular weight excluding hydrogens is 316 g/mol. The standard InChI is InChI=1S/C19H24N4O2/c1-2-9-25-16-5-3-15-12-23(8-7-13(15)10-16)19(24)14-4-6-17-18(11-14)21-22-20-17/h3,5,10,14H,2,4,6-9,11-12H2,1H3,(H,20,21,22). The minimum atomic E-state index is 0.0336. The molecule has 1 aliphatic heterocycles. The summed E-state index contributed by atoms with van der Waals surface area (Å²) in [7, 11) is 0. The van der Waals surface area contributed by atoms with Gasteiger partial charge in [-0.15, -0.1) is 0 Å². The SMILES string of the molecule is CCCOc1ccc2c(c1)CCN(C(=O)C1CCc3n[nH]nc3C1)C2. The molecule has 132 valence electrons. The van der Waals surface area contributed by atoms with E-state index in [1.807, 2.05) is 11.0 Å². The molecule has 0 radical (unpaired) electrons. The lowest BCUT2D eigenvalue weighted by atomic mass is 9.88. The lowest BCUT2D eigenvalue weighted by Gasteiger charge is -2.33. The van der Waals surface area contributed by atoms with Crippen LogP contribution in [0.3, 0.4) is 0 Å². The van der Waals surface area contributed by atoms with Crippen molar-refractivity contribution < 1.29 is 9.53 Å². The molecular formula is C19H24N4O2. The summed E-state index contributed by atoms with van der Waals surface area (Å²) in [6.45, 7) is 4.33. The summed E-state index contributed by atoms with van der Waals surface area (Å²) in [5.74, 6) is 1.23. The summed E-state index contributed by atoms with van der Waals surface area (Å²) in [6, 6.07) is 6.26. The van der Waals surface area contributed by atoms with Crippen LogP contribution in [-0.4, -0.2) is 39.4 Å². The van der Waals surface area contributed by atoms with E-state index >= 15 is 0 Å². The first-order valence-electron chi connectivity index (χ1n) is 9.16. The predicted octanol–water partition coefficient (Wildman–Crippen LogP) is 2.28. The van der Waals surface area contributed by atoms with Crippen LogP contribution in [0.15, 0.2) is 18.2 Å². The lowest BCUT2D eigenvalue weighted by Crippen LogP contribution is -2.41. The summed E-state index contributed by atoms with van der Waals surface area (Å²) >= 11 is 0.